The molecule has 2 rings (SSSR count). The zero-order chi connectivity index (χ0) is 15.1. The topological polar surface area (TPSA) is 24.1 Å². The third-order valence-electron chi connectivity index (χ3n) is 3.30. The summed E-state index contributed by atoms with van der Waals surface area (Å²) in [5.41, 5.74) is 7.68. The zero-order valence-electron chi connectivity index (χ0n) is 13.5. The van der Waals surface area contributed by atoms with Crippen molar-refractivity contribution in [2.45, 2.75) is 27.7 Å². The van der Waals surface area contributed by atoms with E-state index in [4.69, 9.17) is 0 Å². The summed E-state index contributed by atoms with van der Waals surface area (Å²) in [6.45, 7) is 8.43. The second-order valence-electron chi connectivity index (χ2n) is 5.14. The molecule has 0 amide bonds. The van der Waals surface area contributed by atoms with Gasteiger partial charge in [0.2, 0.25) is 0 Å². The molecule has 2 N–H and O–H groups in total. The molecule has 0 aliphatic rings. The van der Waals surface area contributed by atoms with Crippen molar-refractivity contribution in [3.8, 4) is 0 Å². The predicted octanol–water partition coefficient (Wildman–Crippen LogP) is 4.69. The monoisotopic (exact) mass is 270 g/mol. The second kappa shape index (κ2) is 7.59. The molecule has 2 nitrogen and oxygen atoms in total. The summed E-state index contributed by atoms with van der Waals surface area (Å²) in [7, 11) is 3.88. The van der Waals surface area contributed by atoms with Crippen molar-refractivity contribution in [3.05, 3.63) is 58.7 Å². The SMILES string of the molecule is CNc1ccc(C)cc1C.CNc1ccc(C)cc1C. The van der Waals surface area contributed by atoms with E-state index in [9.17, 15) is 0 Å². The number of benzene rings is 2. The molecule has 0 aliphatic heterocycles. The first-order valence-electron chi connectivity index (χ1n) is 6.98. The average Bonchev–Trinajstić information content (AvgIpc) is 2.40. The minimum Gasteiger partial charge on any atom is -0.388 e. The van der Waals surface area contributed by atoms with Gasteiger partial charge in [-0.25, -0.2) is 0 Å². The summed E-state index contributed by atoms with van der Waals surface area (Å²) in [6, 6.07) is 12.8. The highest BCUT2D eigenvalue weighted by molar-refractivity contribution is 5.51. The van der Waals surface area contributed by atoms with Crippen LogP contribution in [0.4, 0.5) is 11.4 Å². The van der Waals surface area contributed by atoms with E-state index in [1.807, 2.05) is 14.1 Å². The first-order chi connectivity index (χ1) is 9.47. The first-order valence-corrected chi connectivity index (χ1v) is 6.98. The second-order valence-corrected chi connectivity index (χ2v) is 5.14. The molecule has 0 saturated heterocycles. The largest absolute Gasteiger partial charge is 0.388 e. The van der Waals surface area contributed by atoms with Crippen molar-refractivity contribution in [1.82, 2.24) is 0 Å². The molecule has 0 heterocycles. The third-order valence-corrected chi connectivity index (χ3v) is 3.30. The van der Waals surface area contributed by atoms with Crippen LogP contribution >= 0.6 is 0 Å². The van der Waals surface area contributed by atoms with Crippen LogP contribution in [-0.4, -0.2) is 14.1 Å². The van der Waals surface area contributed by atoms with Gasteiger partial charge in [0, 0.05) is 25.5 Å². The Kier molecular flexibility index (Phi) is 6.10. The highest BCUT2D eigenvalue weighted by atomic mass is 14.8. The quantitative estimate of drug-likeness (QED) is 0.827. The van der Waals surface area contributed by atoms with E-state index in [-0.39, 0.29) is 0 Å². The van der Waals surface area contributed by atoms with Crippen LogP contribution in [0.1, 0.15) is 22.3 Å². The standard InChI is InChI=1S/2C9H13N/c2*1-7-4-5-9(10-3)8(2)6-7/h2*4-6,10H,1-3H3. The Morgan fingerprint density at radius 2 is 0.950 bits per heavy atom. The Morgan fingerprint density at radius 1 is 0.600 bits per heavy atom. The lowest BCUT2D eigenvalue weighted by Gasteiger charge is -2.04. The number of rotatable bonds is 2. The lowest BCUT2D eigenvalue weighted by molar-refractivity contribution is 1.35. The van der Waals surface area contributed by atoms with E-state index in [1.165, 1.54) is 33.6 Å². The van der Waals surface area contributed by atoms with Crippen LogP contribution in [0.15, 0.2) is 36.4 Å². The molecular weight excluding hydrogens is 244 g/mol. The van der Waals surface area contributed by atoms with Crippen LogP contribution in [-0.2, 0) is 0 Å². The van der Waals surface area contributed by atoms with Crippen molar-refractivity contribution in [2.75, 3.05) is 24.7 Å². The fraction of sp³-hybridized carbons (Fsp3) is 0.333. The lowest BCUT2D eigenvalue weighted by Crippen LogP contribution is -1.90. The Hall–Kier alpha value is -1.96. The molecule has 0 spiro atoms. The number of anilines is 2. The molecule has 108 valence electrons. The van der Waals surface area contributed by atoms with E-state index in [1.54, 1.807) is 0 Å². The van der Waals surface area contributed by atoms with Gasteiger partial charge >= 0.3 is 0 Å². The molecule has 0 unspecified atom stereocenters. The van der Waals surface area contributed by atoms with Gasteiger partial charge in [-0.05, 0) is 51.0 Å². The minimum absolute atomic E-state index is 1.21. The first kappa shape index (κ1) is 16.1. The molecule has 2 aromatic carbocycles. The predicted molar refractivity (Wildman–Crippen MR) is 90.9 cm³/mol. The van der Waals surface area contributed by atoms with Crippen molar-refractivity contribution in [2.24, 2.45) is 0 Å². The van der Waals surface area contributed by atoms with Crippen LogP contribution in [0.2, 0.25) is 0 Å². The number of nitrogens with one attached hydrogen (secondary N) is 2. The maximum absolute atomic E-state index is 3.12. The maximum atomic E-state index is 3.12. The van der Waals surface area contributed by atoms with Gasteiger partial charge in [-0.3, -0.25) is 0 Å². The number of hydrogen-bond donors (Lipinski definition) is 2. The van der Waals surface area contributed by atoms with E-state index in [0.717, 1.165) is 0 Å². The fourth-order valence-corrected chi connectivity index (χ4v) is 2.19. The fourth-order valence-electron chi connectivity index (χ4n) is 2.19. The summed E-state index contributed by atoms with van der Waals surface area (Å²) in [5, 5.41) is 6.24. The normalized spacial score (nSPS) is 9.50. The molecule has 0 fully saturated rings. The lowest BCUT2D eigenvalue weighted by atomic mass is 10.1. The summed E-state index contributed by atoms with van der Waals surface area (Å²) >= 11 is 0. The molecule has 0 bridgehead atoms. The van der Waals surface area contributed by atoms with E-state index < -0.39 is 0 Å². The molecule has 0 aliphatic carbocycles. The molecule has 2 aromatic rings. The smallest absolute Gasteiger partial charge is 0.0367 e. The van der Waals surface area contributed by atoms with Gasteiger partial charge in [-0.2, -0.15) is 0 Å². The van der Waals surface area contributed by atoms with Gasteiger partial charge < -0.3 is 10.6 Å². The van der Waals surface area contributed by atoms with Crippen LogP contribution in [0, 0.1) is 27.7 Å². The summed E-state index contributed by atoms with van der Waals surface area (Å²) < 4.78 is 0. The Morgan fingerprint density at radius 3 is 1.20 bits per heavy atom. The molecule has 2 heteroatoms. The third kappa shape index (κ3) is 4.61. The van der Waals surface area contributed by atoms with Crippen LogP contribution in [0.25, 0.3) is 0 Å². The average molecular weight is 270 g/mol. The van der Waals surface area contributed by atoms with Gasteiger partial charge in [0.1, 0.15) is 0 Å². The van der Waals surface area contributed by atoms with Crippen molar-refractivity contribution in [3.63, 3.8) is 0 Å². The van der Waals surface area contributed by atoms with E-state index in [2.05, 4.69) is 74.7 Å². The zero-order valence-corrected chi connectivity index (χ0v) is 13.5. The van der Waals surface area contributed by atoms with E-state index >= 15 is 0 Å². The summed E-state index contributed by atoms with van der Waals surface area (Å²) in [6.07, 6.45) is 0. The van der Waals surface area contributed by atoms with Gasteiger partial charge in [0.05, 0.1) is 0 Å². The van der Waals surface area contributed by atoms with E-state index in [0.29, 0.717) is 0 Å². The van der Waals surface area contributed by atoms with Crippen molar-refractivity contribution >= 4 is 11.4 Å². The van der Waals surface area contributed by atoms with Gasteiger partial charge in [-0.1, -0.05) is 35.4 Å². The molecule has 0 atom stereocenters. The van der Waals surface area contributed by atoms with Gasteiger partial charge in [-0.15, -0.1) is 0 Å². The molecule has 20 heavy (non-hydrogen) atoms. The highest BCUT2D eigenvalue weighted by Gasteiger charge is 1.93. The molecule has 0 radical (unpaired) electrons. The Bertz CT molecular complexity index is 508. The van der Waals surface area contributed by atoms with Gasteiger partial charge in [0.25, 0.3) is 0 Å². The minimum atomic E-state index is 1.21. The maximum Gasteiger partial charge on any atom is 0.0367 e. The molecular formula is C18H26N2. The van der Waals surface area contributed by atoms with Crippen molar-refractivity contribution in [1.29, 1.82) is 0 Å². The Labute approximate surface area is 123 Å². The number of hydrogen-bond acceptors (Lipinski definition) is 2. The number of aryl methyl sites for hydroxylation is 4. The van der Waals surface area contributed by atoms with Crippen LogP contribution in [0.5, 0.6) is 0 Å². The van der Waals surface area contributed by atoms with Crippen LogP contribution in [0.3, 0.4) is 0 Å². The molecule has 0 aromatic heterocycles. The summed E-state index contributed by atoms with van der Waals surface area (Å²) in [4.78, 5) is 0. The Balaban J connectivity index is 0.000000200. The summed E-state index contributed by atoms with van der Waals surface area (Å²) in [5.74, 6) is 0. The van der Waals surface area contributed by atoms with Crippen molar-refractivity contribution < 1.29 is 0 Å². The van der Waals surface area contributed by atoms with Gasteiger partial charge in [0.15, 0.2) is 0 Å². The highest BCUT2D eigenvalue weighted by Crippen LogP contribution is 2.15. The molecule has 0 saturated carbocycles. The van der Waals surface area contributed by atoms with Crippen LogP contribution < -0.4 is 10.6 Å².